The first-order valence-electron chi connectivity index (χ1n) is 7.86. The van der Waals surface area contributed by atoms with Crippen LogP contribution in [-0.4, -0.2) is 44.3 Å². The van der Waals surface area contributed by atoms with E-state index in [2.05, 4.69) is 5.32 Å². The van der Waals surface area contributed by atoms with Gasteiger partial charge in [0.15, 0.2) is 0 Å². The summed E-state index contributed by atoms with van der Waals surface area (Å²) in [6.07, 6.45) is 0.592. The maximum Gasteiger partial charge on any atom is 0.252 e. The molecule has 0 saturated heterocycles. The number of nitrogens with zero attached hydrogens (tertiary/aromatic N) is 1. The summed E-state index contributed by atoms with van der Waals surface area (Å²) >= 11 is 1.25. The fourth-order valence-electron chi connectivity index (χ4n) is 2.05. The molecule has 0 aromatic carbocycles. The van der Waals surface area contributed by atoms with Crippen LogP contribution in [0, 0.1) is 5.92 Å². The minimum Gasteiger partial charge on any atom is -0.354 e. The number of carbonyl (C=O) groups excluding carboxylic acids is 1. The number of nitrogens with two attached hydrogens (primary N) is 1. The molecule has 0 bridgehead atoms. The monoisotopic (exact) mass is 361 g/mol. The van der Waals surface area contributed by atoms with Crippen molar-refractivity contribution in [3.63, 3.8) is 0 Å². The van der Waals surface area contributed by atoms with E-state index in [9.17, 15) is 13.2 Å². The highest BCUT2D eigenvalue weighted by Crippen LogP contribution is 2.25. The molecule has 0 aliphatic carbocycles. The molecule has 0 spiro atoms. The van der Waals surface area contributed by atoms with Crippen LogP contribution >= 0.6 is 11.3 Å². The number of sulfonamides is 1. The van der Waals surface area contributed by atoms with Gasteiger partial charge in [-0.15, -0.1) is 11.3 Å². The summed E-state index contributed by atoms with van der Waals surface area (Å²) < 4.78 is 26.6. The number of hydrogen-bond acceptors (Lipinski definition) is 5. The van der Waals surface area contributed by atoms with Crippen LogP contribution in [0.1, 0.15) is 32.6 Å². The first-order valence-corrected chi connectivity index (χ1v) is 10.1. The summed E-state index contributed by atoms with van der Waals surface area (Å²) in [5, 5.41) is 2.79. The second kappa shape index (κ2) is 8.77. The van der Waals surface area contributed by atoms with Crippen molar-refractivity contribution >= 4 is 27.3 Å². The summed E-state index contributed by atoms with van der Waals surface area (Å²) in [5.41, 5.74) is 5.77. The van der Waals surface area contributed by atoms with E-state index in [1.165, 1.54) is 15.6 Å². The zero-order chi connectivity index (χ0) is 17.6. The minimum atomic E-state index is -3.40. The lowest BCUT2D eigenvalue weighted by molar-refractivity contribution is -0.123. The summed E-state index contributed by atoms with van der Waals surface area (Å²) in [4.78, 5) is 12.7. The van der Waals surface area contributed by atoms with E-state index in [0.29, 0.717) is 30.3 Å². The fourth-order valence-corrected chi connectivity index (χ4v) is 5.02. The van der Waals surface area contributed by atoms with Gasteiger partial charge in [0.05, 0.1) is 6.04 Å². The molecule has 1 heterocycles. The molecule has 1 aromatic rings. The molecule has 0 fully saturated rings. The second-order valence-electron chi connectivity index (χ2n) is 5.62. The highest BCUT2D eigenvalue weighted by atomic mass is 32.2. The van der Waals surface area contributed by atoms with Gasteiger partial charge >= 0.3 is 0 Å². The summed E-state index contributed by atoms with van der Waals surface area (Å²) in [6.45, 7) is 8.79. The molecule has 1 rings (SSSR count). The third-order valence-corrected chi connectivity index (χ3v) is 7.29. The molecule has 23 heavy (non-hydrogen) atoms. The van der Waals surface area contributed by atoms with Gasteiger partial charge in [-0.3, -0.25) is 4.79 Å². The summed E-state index contributed by atoms with van der Waals surface area (Å²) in [5.74, 6) is -0.0879. The Bertz CT molecular complexity index is 607. The molecular formula is C15H27N3O3S2. The standard InChI is InChI=1S/C15H27N3O3S2/c1-5-18(6-2)23(20,21)13-8-7-12(22-13)9-10-17-15(19)14(16)11(3)4/h7-8,11,14H,5-6,9-10,16H2,1-4H3,(H,17,19)/t14-/m0/s1. The van der Waals surface area contributed by atoms with E-state index < -0.39 is 16.1 Å². The van der Waals surface area contributed by atoms with Gasteiger partial charge in [-0.1, -0.05) is 27.7 Å². The zero-order valence-electron chi connectivity index (χ0n) is 14.2. The molecule has 0 saturated carbocycles. The molecule has 132 valence electrons. The predicted octanol–water partition coefficient (Wildman–Crippen LogP) is 1.42. The maximum absolute atomic E-state index is 12.4. The van der Waals surface area contributed by atoms with Gasteiger partial charge in [-0.2, -0.15) is 4.31 Å². The number of rotatable bonds is 9. The third kappa shape index (κ3) is 5.27. The lowest BCUT2D eigenvalue weighted by atomic mass is 10.1. The summed E-state index contributed by atoms with van der Waals surface area (Å²) in [7, 11) is -3.40. The van der Waals surface area contributed by atoms with E-state index in [4.69, 9.17) is 5.73 Å². The summed E-state index contributed by atoms with van der Waals surface area (Å²) in [6, 6.07) is 2.92. The van der Waals surface area contributed by atoms with Crippen LogP contribution < -0.4 is 11.1 Å². The quantitative estimate of drug-likeness (QED) is 0.696. The van der Waals surface area contributed by atoms with Gasteiger partial charge in [-0.25, -0.2) is 8.42 Å². The third-order valence-electron chi connectivity index (χ3n) is 3.63. The van der Waals surface area contributed by atoms with Crippen molar-refractivity contribution < 1.29 is 13.2 Å². The van der Waals surface area contributed by atoms with E-state index >= 15 is 0 Å². The van der Waals surface area contributed by atoms with Gasteiger partial charge in [-0.05, 0) is 24.5 Å². The zero-order valence-corrected chi connectivity index (χ0v) is 15.8. The van der Waals surface area contributed by atoms with Gasteiger partial charge in [0, 0.05) is 24.5 Å². The van der Waals surface area contributed by atoms with Crippen LogP contribution in [0.2, 0.25) is 0 Å². The van der Waals surface area contributed by atoms with Crippen molar-refractivity contribution in [2.24, 2.45) is 11.7 Å². The first-order chi connectivity index (χ1) is 10.7. The van der Waals surface area contributed by atoms with Crippen LogP contribution in [0.15, 0.2) is 16.3 Å². The normalized spacial score (nSPS) is 13.5. The lowest BCUT2D eigenvalue weighted by Gasteiger charge is -2.16. The Balaban J connectivity index is 2.63. The molecule has 3 N–H and O–H groups in total. The van der Waals surface area contributed by atoms with Crippen molar-refractivity contribution in [3.05, 3.63) is 17.0 Å². The molecule has 6 nitrogen and oxygen atoms in total. The number of hydrogen-bond donors (Lipinski definition) is 2. The van der Waals surface area contributed by atoms with Crippen LogP contribution in [0.25, 0.3) is 0 Å². The van der Waals surface area contributed by atoms with Crippen molar-refractivity contribution in [2.45, 2.75) is 44.4 Å². The average Bonchev–Trinajstić information content (AvgIpc) is 2.96. The van der Waals surface area contributed by atoms with Gasteiger partial charge in [0.1, 0.15) is 4.21 Å². The van der Waals surface area contributed by atoms with Gasteiger partial charge in [0.25, 0.3) is 10.0 Å². The lowest BCUT2D eigenvalue weighted by Crippen LogP contribution is -2.44. The molecule has 1 aromatic heterocycles. The fraction of sp³-hybridized carbons (Fsp3) is 0.667. The molecular weight excluding hydrogens is 334 g/mol. The van der Waals surface area contributed by atoms with Crippen molar-refractivity contribution in [1.82, 2.24) is 9.62 Å². The van der Waals surface area contributed by atoms with E-state index in [0.717, 1.165) is 4.88 Å². The Labute approximate surface area is 143 Å². The Morgan fingerprint density at radius 1 is 1.30 bits per heavy atom. The Kier molecular flexibility index (Phi) is 7.66. The average molecular weight is 362 g/mol. The van der Waals surface area contributed by atoms with Crippen LogP contribution in [0.4, 0.5) is 0 Å². The van der Waals surface area contributed by atoms with Crippen molar-refractivity contribution in [3.8, 4) is 0 Å². The van der Waals surface area contributed by atoms with Crippen LogP contribution in [0.3, 0.4) is 0 Å². The molecule has 0 aliphatic rings. The van der Waals surface area contributed by atoms with Gasteiger partial charge in [0.2, 0.25) is 5.91 Å². The second-order valence-corrected chi connectivity index (χ2v) is 8.95. The molecule has 0 radical (unpaired) electrons. The Morgan fingerprint density at radius 3 is 2.43 bits per heavy atom. The largest absolute Gasteiger partial charge is 0.354 e. The number of carbonyl (C=O) groups is 1. The topological polar surface area (TPSA) is 92.5 Å². The number of nitrogens with one attached hydrogen (secondary N) is 1. The number of amides is 1. The predicted molar refractivity (Wildman–Crippen MR) is 94.0 cm³/mol. The Hall–Kier alpha value is -0.960. The molecule has 8 heteroatoms. The van der Waals surface area contributed by atoms with E-state index in [1.54, 1.807) is 12.1 Å². The smallest absolute Gasteiger partial charge is 0.252 e. The SMILES string of the molecule is CCN(CC)S(=O)(=O)c1ccc(CCNC(=O)[C@@H](N)C(C)C)s1. The molecule has 0 unspecified atom stereocenters. The number of thiophene rings is 1. The van der Waals surface area contributed by atoms with Gasteiger partial charge < -0.3 is 11.1 Å². The highest BCUT2D eigenvalue weighted by Gasteiger charge is 2.23. The van der Waals surface area contributed by atoms with Crippen LogP contribution in [0.5, 0.6) is 0 Å². The first kappa shape index (κ1) is 20.1. The highest BCUT2D eigenvalue weighted by molar-refractivity contribution is 7.91. The Morgan fingerprint density at radius 2 is 1.91 bits per heavy atom. The van der Waals surface area contributed by atoms with Crippen LogP contribution in [-0.2, 0) is 21.2 Å². The molecule has 0 aliphatic heterocycles. The maximum atomic E-state index is 12.4. The van der Waals surface area contributed by atoms with E-state index in [1.807, 2.05) is 27.7 Å². The minimum absolute atomic E-state index is 0.0857. The van der Waals surface area contributed by atoms with Crippen molar-refractivity contribution in [2.75, 3.05) is 19.6 Å². The molecule has 1 atom stereocenters. The van der Waals surface area contributed by atoms with Crippen molar-refractivity contribution in [1.29, 1.82) is 0 Å². The molecule has 1 amide bonds. The van der Waals surface area contributed by atoms with E-state index in [-0.39, 0.29) is 11.8 Å².